The highest BCUT2D eigenvalue weighted by molar-refractivity contribution is 5.82. The normalized spacial score (nSPS) is 19.0. The van der Waals surface area contributed by atoms with E-state index in [1.54, 1.807) is 36.8 Å². The van der Waals surface area contributed by atoms with Crippen LogP contribution in [0.4, 0.5) is 16.0 Å². The number of hydrogen-bond acceptors (Lipinski definition) is 9. The lowest BCUT2D eigenvalue weighted by atomic mass is 9.91. The predicted octanol–water partition coefficient (Wildman–Crippen LogP) is 3.54. The van der Waals surface area contributed by atoms with Crippen LogP contribution in [0.25, 0.3) is 22.6 Å². The molecule has 0 spiro atoms. The maximum atomic E-state index is 13.7. The summed E-state index contributed by atoms with van der Waals surface area (Å²) in [6.45, 7) is 3.38. The number of H-pyrrole nitrogens is 1. The molecule has 208 valence electrons. The summed E-state index contributed by atoms with van der Waals surface area (Å²) in [5, 5.41) is 6.08. The molecule has 0 saturated carbocycles. The van der Waals surface area contributed by atoms with Crippen molar-refractivity contribution in [3.8, 4) is 22.6 Å². The van der Waals surface area contributed by atoms with E-state index in [4.69, 9.17) is 14.5 Å². The van der Waals surface area contributed by atoms with Crippen molar-refractivity contribution in [2.75, 3.05) is 45.7 Å². The fourth-order valence-corrected chi connectivity index (χ4v) is 4.13. The summed E-state index contributed by atoms with van der Waals surface area (Å²) in [6, 6.07) is 11.4. The Bertz CT molecular complexity index is 1440. The van der Waals surface area contributed by atoms with E-state index in [2.05, 4.69) is 30.6 Å². The minimum Gasteiger partial charge on any atom is -0.354 e. The first kappa shape index (κ1) is 27.3. The third kappa shape index (κ3) is 6.30. The first-order valence-corrected chi connectivity index (χ1v) is 12.8. The number of amides is 1. The summed E-state index contributed by atoms with van der Waals surface area (Å²) >= 11 is 0. The Labute approximate surface area is 231 Å². The lowest BCUT2D eigenvalue weighted by molar-refractivity contribution is -0.231. The summed E-state index contributed by atoms with van der Waals surface area (Å²) in [5.74, 6) is 0.292. The van der Waals surface area contributed by atoms with Crippen LogP contribution in [-0.2, 0) is 14.3 Å². The molecular weight excluding hydrogens is 515 g/mol. The molecule has 4 heterocycles. The van der Waals surface area contributed by atoms with Gasteiger partial charge in [-0.1, -0.05) is 0 Å². The number of likely N-dealkylation sites (N-methyl/N-ethyl adjacent to an activating group) is 1. The monoisotopic (exact) mass is 546 g/mol. The second kappa shape index (κ2) is 11.9. The van der Waals surface area contributed by atoms with E-state index in [0.29, 0.717) is 41.0 Å². The Morgan fingerprint density at radius 3 is 2.60 bits per heavy atom. The zero-order valence-electron chi connectivity index (χ0n) is 22.5. The van der Waals surface area contributed by atoms with Gasteiger partial charge >= 0.3 is 0 Å². The number of carbonyl (C=O) groups is 1. The Morgan fingerprint density at radius 1 is 1.12 bits per heavy atom. The number of nitrogens with zero attached hydrogens (tertiary/aromatic N) is 5. The first-order chi connectivity index (χ1) is 19.3. The van der Waals surface area contributed by atoms with E-state index in [1.165, 1.54) is 12.1 Å². The largest absolute Gasteiger partial charge is 0.354 e. The number of anilines is 2. The Hall–Kier alpha value is -4.26. The molecule has 1 fully saturated rings. The van der Waals surface area contributed by atoms with Crippen LogP contribution in [0, 0.1) is 11.2 Å². The number of aromatic nitrogens is 5. The lowest BCUT2D eigenvalue weighted by Gasteiger charge is -2.35. The van der Waals surface area contributed by atoms with Crippen molar-refractivity contribution in [1.82, 2.24) is 35.1 Å². The molecule has 1 amide bonds. The van der Waals surface area contributed by atoms with Gasteiger partial charge in [-0.15, -0.1) is 0 Å². The predicted molar refractivity (Wildman–Crippen MR) is 147 cm³/mol. The summed E-state index contributed by atoms with van der Waals surface area (Å²) in [4.78, 5) is 35.9. The smallest absolute Gasteiger partial charge is 0.230 e. The van der Waals surface area contributed by atoms with Crippen LogP contribution in [0.15, 0.2) is 61.1 Å². The standard InChI is InChI=1S/C28H31FN8O3/c1-28(26(38)31-13-14-37(2)3)16-39-25(40-17-28)24-35-22(18-6-8-19(29)9-7-18)23(36-24)21-10-12-32-27(34-21)33-20-5-4-11-30-15-20/h4-12,15,25H,13-14,16-17H2,1-3H3,(H,31,38)(H,35,36)(H,32,33,34). The topological polar surface area (TPSA) is 130 Å². The summed E-state index contributed by atoms with van der Waals surface area (Å²) in [5.41, 5.74) is 2.27. The van der Waals surface area contributed by atoms with Crippen molar-refractivity contribution in [2.45, 2.75) is 13.2 Å². The molecule has 1 aromatic carbocycles. The number of pyridine rings is 1. The van der Waals surface area contributed by atoms with E-state index in [0.717, 1.165) is 12.2 Å². The molecule has 0 unspecified atom stereocenters. The highest BCUT2D eigenvalue weighted by atomic mass is 19.1. The van der Waals surface area contributed by atoms with Gasteiger partial charge in [-0.25, -0.2) is 19.3 Å². The molecule has 1 saturated heterocycles. The van der Waals surface area contributed by atoms with Crippen LogP contribution in [0.5, 0.6) is 0 Å². The van der Waals surface area contributed by atoms with Crippen LogP contribution in [0.3, 0.4) is 0 Å². The van der Waals surface area contributed by atoms with Crippen LogP contribution in [-0.4, -0.2) is 76.1 Å². The summed E-state index contributed by atoms with van der Waals surface area (Å²) in [6.07, 6.45) is 4.15. The Balaban J connectivity index is 1.39. The van der Waals surface area contributed by atoms with Gasteiger partial charge in [0.1, 0.15) is 5.82 Å². The minimum absolute atomic E-state index is 0.130. The number of benzene rings is 1. The van der Waals surface area contributed by atoms with Gasteiger partial charge < -0.3 is 30.0 Å². The second-order valence-electron chi connectivity index (χ2n) is 10.1. The van der Waals surface area contributed by atoms with Crippen molar-refractivity contribution in [3.63, 3.8) is 0 Å². The van der Waals surface area contributed by atoms with Gasteiger partial charge in [0, 0.05) is 31.0 Å². The van der Waals surface area contributed by atoms with Crippen molar-refractivity contribution in [1.29, 1.82) is 0 Å². The third-order valence-electron chi connectivity index (χ3n) is 6.39. The van der Waals surface area contributed by atoms with Crippen LogP contribution in [0.2, 0.25) is 0 Å². The summed E-state index contributed by atoms with van der Waals surface area (Å²) in [7, 11) is 3.89. The highest BCUT2D eigenvalue weighted by Crippen LogP contribution is 2.35. The van der Waals surface area contributed by atoms with E-state index in [1.807, 2.05) is 38.1 Å². The molecule has 3 aromatic heterocycles. The molecule has 0 aliphatic carbocycles. The molecule has 0 radical (unpaired) electrons. The van der Waals surface area contributed by atoms with Gasteiger partial charge in [-0.3, -0.25) is 9.78 Å². The van der Waals surface area contributed by atoms with Gasteiger partial charge in [0.05, 0.1) is 47.6 Å². The SMILES string of the molecule is CN(C)CCNC(=O)C1(C)COC(c2nc(-c3ccc(F)cc3)c(-c3ccnc(Nc4cccnc4)n3)[nH]2)OC1. The van der Waals surface area contributed by atoms with Crippen molar-refractivity contribution in [2.24, 2.45) is 5.41 Å². The fraction of sp³-hybridized carbons (Fsp3) is 0.321. The zero-order valence-corrected chi connectivity index (χ0v) is 22.5. The van der Waals surface area contributed by atoms with Crippen molar-refractivity contribution >= 4 is 17.5 Å². The molecule has 40 heavy (non-hydrogen) atoms. The summed E-state index contributed by atoms with van der Waals surface area (Å²) < 4.78 is 25.7. The number of carbonyl (C=O) groups excluding carboxylic acids is 1. The van der Waals surface area contributed by atoms with Crippen molar-refractivity contribution < 1.29 is 18.7 Å². The van der Waals surface area contributed by atoms with E-state index in [9.17, 15) is 9.18 Å². The molecule has 1 aliphatic rings. The molecule has 11 nitrogen and oxygen atoms in total. The van der Waals surface area contributed by atoms with E-state index < -0.39 is 11.7 Å². The zero-order chi connectivity index (χ0) is 28.1. The average Bonchev–Trinajstić information content (AvgIpc) is 3.40. The third-order valence-corrected chi connectivity index (χ3v) is 6.39. The number of imidazole rings is 1. The number of nitrogens with one attached hydrogen (secondary N) is 3. The average molecular weight is 547 g/mol. The van der Waals surface area contributed by atoms with Gasteiger partial charge in [0.25, 0.3) is 0 Å². The van der Waals surface area contributed by atoms with Gasteiger partial charge in [0.15, 0.2) is 5.82 Å². The molecule has 1 aliphatic heterocycles. The number of aromatic amines is 1. The molecule has 0 bridgehead atoms. The minimum atomic E-state index is -0.836. The quantitative estimate of drug-likeness (QED) is 0.289. The highest BCUT2D eigenvalue weighted by Gasteiger charge is 2.40. The van der Waals surface area contributed by atoms with Crippen molar-refractivity contribution in [3.05, 3.63) is 72.7 Å². The number of rotatable bonds is 9. The lowest BCUT2D eigenvalue weighted by Crippen LogP contribution is -2.49. The molecule has 3 N–H and O–H groups in total. The number of ether oxygens (including phenoxy) is 2. The van der Waals surface area contributed by atoms with Crippen LogP contribution < -0.4 is 10.6 Å². The fourth-order valence-electron chi connectivity index (χ4n) is 4.13. The van der Waals surface area contributed by atoms with Crippen LogP contribution >= 0.6 is 0 Å². The maximum absolute atomic E-state index is 13.7. The first-order valence-electron chi connectivity index (χ1n) is 12.8. The molecular formula is C28H31FN8O3. The maximum Gasteiger partial charge on any atom is 0.230 e. The number of halogens is 1. The van der Waals surface area contributed by atoms with Gasteiger partial charge in [-0.2, -0.15) is 0 Å². The molecule has 5 rings (SSSR count). The molecule has 0 atom stereocenters. The van der Waals surface area contributed by atoms with E-state index in [-0.39, 0.29) is 24.9 Å². The molecule has 4 aromatic rings. The molecule has 12 heteroatoms. The van der Waals surface area contributed by atoms with E-state index >= 15 is 0 Å². The van der Waals surface area contributed by atoms with Gasteiger partial charge in [0.2, 0.25) is 18.1 Å². The van der Waals surface area contributed by atoms with Crippen LogP contribution in [0.1, 0.15) is 19.0 Å². The van der Waals surface area contributed by atoms with Gasteiger partial charge in [-0.05, 0) is 63.5 Å². The Kier molecular flexibility index (Phi) is 8.10. The Morgan fingerprint density at radius 2 is 1.90 bits per heavy atom. The second-order valence-corrected chi connectivity index (χ2v) is 10.1. The number of hydrogen-bond donors (Lipinski definition) is 3.